The monoisotopic (exact) mass is 334 g/mol. The molecule has 106 valence electrons. The van der Waals surface area contributed by atoms with Gasteiger partial charge in [0.2, 0.25) is 0 Å². The molecule has 0 saturated carbocycles. The summed E-state index contributed by atoms with van der Waals surface area (Å²) in [6.45, 7) is 5.09. The number of benzene rings is 1. The number of aromatic nitrogens is 1. The largest absolute Gasteiger partial charge is 0.362 e. The lowest BCUT2D eigenvalue weighted by Crippen LogP contribution is -2.25. The summed E-state index contributed by atoms with van der Waals surface area (Å²) in [4.78, 5) is 17.5. The van der Waals surface area contributed by atoms with Gasteiger partial charge in [0.05, 0.1) is 6.54 Å². The number of likely N-dealkylation sites (N-methyl/N-ethyl adjacent to an activating group) is 1. The number of hydrogen-bond donors (Lipinski definition) is 1. The summed E-state index contributed by atoms with van der Waals surface area (Å²) in [5, 5.41) is 0. The van der Waals surface area contributed by atoms with Gasteiger partial charge in [-0.05, 0) is 44.7 Å². The standard InChI is InChI=1S/C16H19BrN2O/c1-11-7-15(12(2)18-11)16(20)10-19(3)9-13-5-4-6-14(17)8-13/h4-8,18H,9-10H2,1-3H3. The summed E-state index contributed by atoms with van der Waals surface area (Å²) in [6.07, 6.45) is 0. The molecule has 3 nitrogen and oxygen atoms in total. The van der Waals surface area contributed by atoms with Gasteiger partial charge in [0.15, 0.2) is 5.78 Å². The topological polar surface area (TPSA) is 36.1 Å². The molecule has 0 aliphatic carbocycles. The normalized spacial score (nSPS) is 11.1. The Morgan fingerprint density at radius 3 is 2.65 bits per heavy atom. The second-order valence-corrected chi connectivity index (χ2v) is 6.13. The molecule has 20 heavy (non-hydrogen) atoms. The molecule has 0 amide bonds. The van der Waals surface area contributed by atoms with Crippen LogP contribution < -0.4 is 0 Å². The summed E-state index contributed by atoms with van der Waals surface area (Å²) in [7, 11) is 1.97. The van der Waals surface area contributed by atoms with E-state index in [1.165, 1.54) is 5.56 Å². The van der Waals surface area contributed by atoms with Crippen LogP contribution in [0.1, 0.15) is 27.3 Å². The zero-order chi connectivity index (χ0) is 14.7. The average molecular weight is 335 g/mol. The first-order valence-corrected chi connectivity index (χ1v) is 7.37. The summed E-state index contributed by atoms with van der Waals surface area (Å²) < 4.78 is 1.06. The van der Waals surface area contributed by atoms with Crippen LogP contribution in [-0.4, -0.2) is 29.3 Å². The Kier molecular flexibility index (Phi) is 4.78. The minimum atomic E-state index is 0.157. The molecule has 1 heterocycles. The van der Waals surface area contributed by atoms with Crippen molar-refractivity contribution in [2.75, 3.05) is 13.6 Å². The van der Waals surface area contributed by atoms with Gasteiger partial charge in [-0.25, -0.2) is 0 Å². The molecule has 1 aromatic heterocycles. The van der Waals surface area contributed by atoms with Crippen molar-refractivity contribution >= 4 is 21.7 Å². The molecule has 4 heteroatoms. The second-order valence-electron chi connectivity index (χ2n) is 5.22. The van der Waals surface area contributed by atoms with E-state index in [-0.39, 0.29) is 5.78 Å². The third kappa shape index (κ3) is 3.81. The van der Waals surface area contributed by atoms with E-state index >= 15 is 0 Å². The van der Waals surface area contributed by atoms with Crippen molar-refractivity contribution in [1.82, 2.24) is 9.88 Å². The number of halogens is 1. The number of hydrogen-bond acceptors (Lipinski definition) is 2. The van der Waals surface area contributed by atoms with Crippen LogP contribution in [0.2, 0.25) is 0 Å². The second kappa shape index (κ2) is 6.37. The molecule has 0 aliphatic rings. The van der Waals surface area contributed by atoms with Crippen LogP contribution in [0, 0.1) is 13.8 Å². The van der Waals surface area contributed by atoms with E-state index in [2.05, 4.69) is 33.0 Å². The fraction of sp³-hybridized carbons (Fsp3) is 0.312. The van der Waals surface area contributed by atoms with Gasteiger partial charge in [-0.3, -0.25) is 9.69 Å². The van der Waals surface area contributed by atoms with Crippen LogP contribution in [0.3, 0.4) is 0 Å². The minimum Gasteiger partial charge on any atom is -0.362 e. The smallest absolute Gasteiger partial charge is 0.178 e. The molecule has 0 bridgehead atoms. The Balaban J connectivity index is 1.99. The van der Waals surface area contributed by atoms with Crippen molar-refractivity contribution in [3.05, 3.63) is 57.3 Å². The summed E-state index contributed by atoms with van der Waals surface area (Å²) in [5.74, 6) is 0.157. The maximum absolute atomic E-state index is 12.3. The molecule has 1 N–H and O–H groups in total. The van der Waals surface area contributed by atoms with Crippen LogP contribution >= 0.6 is 15.9 Å². The van der Waals surface area contributed by atoms with Crippen molar-refractivity contribution in [2.24, 2.45) is 0 Å². The first kappa shape index (κ1) is 15.0. The van der Waals surface area contributed by atoms with Gasteiger partial charge in [-0.1, -0.05) is 28.1 Å². The molecule has 0 aliphatic heterocycles. The van der Waals surface area contributed by atoms with Gasteiger partial charge in [0.1, 0.15) is 0 Å². The lowest BCUT2D eigenvalue weighted by molar-refractivity contribution is 0.0942. The van der Waals surface area contributed by atoms with Crippen molar-refractivity contribution in [2.45, 2.75) is 20.4 Å². The predicted molar refractivity (Wildman–Crippen MR) is 85.1 cm³/mol. The van der Waals surface area contributed by atoms with Gasteiger partial charge < -0.3 is 4.98 Å². The maximum atomic E-state index is 12.3. The van der Waals surface area contributed by atoms with Crippen LogP contribution in [0.4, 0.5) is 0 Å². The average Bonchev–Trinajstić information content (AvgIpc) is 2.68. The number of ketones is 1. The van der Waals surface area contributed by atoms with E-state index in [1.807, 2.05) is 44.0 Å². The first-order chi connectivity index (χ1) is 9.45. The highest BCUT2D eigenvalue weighted by atomic mass is 79.9. The van der Waals surface area contributed by atoms with Gasteiger partial charge in [-0.2, -0.15) is 0 Å². The molecule has 0 spiro atoms. The molecule has 0 fully saturated rings. The fourth-order valence-electron chi connectivity index (χ4n) is 2.35. The van der Waals surface area contributed by atoms with Crippen LogP contribution in [0.5, 0.6) is 0 Å². The maximum Gasteiger partial charge on any atom is 0.178 e. The zero-order valence-corrected chi connectivity index (χ0v) is 13.6. The fourth-order valence-corrected chi connectivity index (χ4v) is 2.79. The third-order valence-electron chi connectivity index (χ3n) is 3.20. The Hall–Kier alpha value is -1.39. The van der Waals surface area contributed by atoms with Crippen LogP contribution in [-0.2, 0) is 6.54 Å². The molecule has 0 atom stereocenters. The molecular formula is C16H19BrN2O. The quantitative estimate of drug-likeness (QED) is 0.846. The SMILES string of the molecule is Cc1cc(C(=O)CN(C)Cc2cccc(Br)c2)c(C)[nH]1. The third-order valence-corrected chi connectivity index (χ3v) is 3.70. The van der Waals surface area contributed by atoms with Crippen molar-refractivity contribution in [3.8, 4) is 0 Å². The van der Waals surface area contributed by atoms with Crippen LogP contribution in [0.25, 0.3) is 0 Å². The number of nitrogens with zero attached hydrogens (tertiary/aromatic N) is 1. The van der Waals surface area contributed by atoms with Crippen LogP contribution in [0.15, 0.2) is 34.8 Å². The highest BCUT2D eigenvalue weighted by Crippen LogP contribution is 2.14. The molecule has 1 aromatic carbocycles. The molecule has 2 rings (SSSR count). The van der Waals surface area contributed by atoms with E-state index in [4.69, 9.17) is 0 Å². The van der Waals surface area contributed by atoms with Gasteiger partial charge in [0, 0.05) is 28.0 Å². The molecule has 0 unspecified atom stereocenters. The van der Waals surface area contributed by atoms with Crippen molar-refractivity contribution in [1.29, 1.82) is 0 Å². The van der Waals surface area contributed by atoms with Gasteiger partial charge >= 0.3 is 0 Å². The van der Waals surface area contributed by atoms with E-state index in [0.29, 0.717) is 6.54 Å². The van der Waals surface area contributed by atoms with Crippen molar-refractivity contribution in [3.63, 3.8) is 0 Å². The summed E-state index contributed by atoms with van der Waals surface area (Å²) >= 11 is 3.46. The van der Waals surface area contributed by atoms with E-state index in [0.717, 1.165) is 28.0 Å². The van der Waals surface area contributed by atoms with Gasteiger partial charge in [-0.15, -0.1) is 0 Å². The minimum absolute atomic E-state index is 0.157. The van der Waals surface area contributed by atoms with E-state index < -0.39 is 0 Å². The highest BCUT2D eigenvalue weighted by Gasteiger charge is 2.14. The number of carbonyl (C=O) groups excluding carboxylic acids is 1. The number of carbonyl (C=O) groups is 1. The number of rotatable bonds is 5. The summed E-state index contributed by atoms with van der Waals surface area (Å²) in [6, 6.07) is 10.1. The van der Waals surface area contributed by atoms with E-state index in [9.17, 15) is 4.79 Å². The number of Topliss-reactive ketones (excluding diaryl/α,β-unsaturated/α-hetero) is 1. The first-order valence-electron chi connectivity index (χ1n) is 6.58. The lowest BCUT2D eigenvalue weighted by atomic mass is 10.1. The number of nitrogens with one attached hydrogen (secondary N) is 1. The Bertz CT molecular complexity index is 619. The Labute approximate surface area is 128 Å². The Morgan fingerprint density at radius 2 is 2.05 bits per heavy atom. The molecule has 0 saturated heterocycles. The highest BCUT2D eigenvalue weighted by molar-refractivity contribution is 9.10. The predicted octanol–water partition coefficient (Wildman–Crippen LogP) is 3.71. The zero-order valence-electron chi connectivity index (χ0n) is 12.0. The summed E-state index contributed by atoms with van der Waals surface area (Å²) in [5.41, 5.74) is 3.96. The van der Waals surface area contributed by atoms with E-state index in [1.54, 1.807) is 0 Å². The number of aromatic amines is 1. The lowest BCUT2D eigenvalue weighted by Gasteiger charge is -2.16. The van der Waals surface area contributed by atoms with Crippen molar-refractivity contribution < 1.29 is 4.79 Å². The van der Waals surface area contributed by atoms with Gasteiger partial charge in [0.25, 0.3) is 0 Å². The molecule has 2 aromatic rings. The Morgan fingerprint density at radius 1 is 1.30 bits per heavy atom. The number of H-pyrrole nitrogens is 1. The molecule has 0 radical (unpaired) electrons. The number of aryl methyl sites for hydroxylation is 2. The molecular weight excluding hydrogens is 316 g/mol.